The van der Waals surface area contributed by atoms with Gasteiger partial charge in [0, 0.05) is 6.42 Å². The second-order valence-corrected chi connectivity index (χ2v) is 17.9. The number of hydrogen-bond donors (Lipinski definition) is 12. The molecule has 406 valence electrons. The van der Waals surface area contributed by atoms with Crippen LogP contribution in [0.3, 0.4) is 0 Å². The van der Waals surface area contributed by atoms with E-state index in [1.807, 2.05) is 19.1 Å². The zero-order valence-corrected chi connectivity index (χ0v) is 41.4. The van der Waals surface area contributed by atoms with Gasteiger partial charge >= 0.3 is 0 Å². The van der Waals surface area contributed by atoms with Gasteiger partial charge in [0.2, 0.25) is 5.91 Å². The second kappa shape index (κ2) is 36.0. The first-order valence-corrected chi connectivity index (χ1v) is 25.3. The summed E-state index contributed by atoms with van der Waals surface area (Å²) in [4.78, 5) is 13.1. The summed E-state index contributed by atoms with van der Waals surface area (Å²) in [7, 11) is 0. The van der Waals surface area contributed by atoms with E-state index in [-0.39, 0.29) is 18.9 Å². The summed E-state index contributed by atoms with van der Waals surface area (Å²) in [6.45, 7) is 1.38. The highest BCUT2D eigenvalue weighted by Gasteiger charge is 2.53. The number of rotatable bonds is 33. The third kappa shape index (κ3) is 21.8. The number of hydrogen-bond acceptors (Lipinski definition) is 18. The van der Waals surface area contributed by atoms with Crippen molar-refractivity contribution in [3.05, 3.63) is 85.1 Å². The van der Waals surface area contributed by atoms with Crippen molar-refractivity contribution in [2.24, 2.45) is 0 Å². The van der Waals surface area contributed by atoms with Crippen molar-refractivity contribution in [3.8, 4) is 0 Å². The van der Waals surface area contributed by atoms with Crippen molar-refractivity contribution in [2.45, 2.75) is 208 Å². The minimum absolute atomic E-state index is 0.177. The maximum Gasteiger partial charge on any atom is 0.220 e. The van der Waals surface area contributed by atoms with Gasteiger partial charge in [-0.3, -0.25) is 4.79 Å². The maximum atomic E-state index is 13.1. The smallest absolute Gasteiger partial charge is 0.220 e. The summed E-state index contributed by atoms with van der Waals surface area (Å²) in [6, 6.07) is -0.918. The molecule has 0 aromatic heterocycles. The second-order valence-electron chi connectivity index (χ2n) is 17.9. The van der Waals surface area contributed by atoms with Crippen LogP contribution in [0, 0.1) is 0 Å². The number of ether oxygens (including phenoxy) is 6. The zero-order valence-electron chi connectivity index (χ0n) is 41.4. The van der Waals surface area contributed by atoms with Crippen LogP contribution in [-0.4, -0.2) is 193 Å². The molecule has 12 N–H and O–H groups in total. The monoisotopic (exact) mass is 1010 g/mol. The number of unbranched alkanes of at least 4 members (excludes halogenated alkanes) is 3. The highest BCUT2D eigenvalue weighted by atomic mass is 16.8. The van der Waals surface area contributed by atoms with Gasteiger partial charge in [0.1, 0.15) is 73.2 Å². The molecule has 3 aliphatic rings. The molecule has 0 aromatic carbocycles. The van der Waals surface area contributed by atoms with Crippen LogP contribution in [0.2, 0.25) is 0 Å². The lowest BCUT2D eigenvalue weighted by molar-refractivity contribution is -0.379. The fraction of sp³-hybridized carbons (Fsp3) is 0.712. The zero-order chi connectivity index (χ0) is 52.0. The van der Waals surface area contributed by atoms with Crippen molar-refractivity contribution in [1.82, 2.24) is 5.32 Å². The highest BCUT2D eigenvalue weighted by Crippen LogP contribution is 2.33. The van der Waals surface area contributed by atoms with Gasteiger partial charge in [0.15, 0.2) is 18.9 Å². The molecule has 0 aromatic rings. The van der Waals surface area contributed by atoms with Crippen molar-refractivity contribution in [3.63, 3.8) is 0 Å². The molecule has 3 rings (SSSR count). The fourth-order valence-electron chi connectivity index (χ4n) is 8.00. The topological polar surface area (TPSA) is 307 Å². The standard InChI is InChI=1S/C52H85NO18/c1-3-5-7-8-9-10-11-12-13-14-15-16-17-18-19-20-21-22-23-24-25-26-28-30-40(58)53-35(36(57)29-27-6-4-2)34-66-50-46(64)43(61)48(38(32-55)68-50)71-52-47(65)44(62)49(39(33-56)69-52)70-51-45(63)42(60)41(59)37(31-54)67-51/h5,7,9-10,12-13,15-16,18-19,21-22,24-25,35-39,41-52,54-57,59-65H,3-4,6,8,11,14,17,20,23,26-34H2,1-2H3,(H,53,58)/b7-5-,10-9-,13-12-,16-15-,19-18-,22-21-,25-24-. The Labute approximate surface area is 419 Å². The molecule has 3 fully saturated rings. The summed E-state index contributed by atoms with van der Waals surface area (Å²) >= 11 is 0. The Bertz CT molecular complexity index is 1630. The van der Waals surface area contributed by atoms with Crippen LogP contribution < -0.4 is 5.32 Å². The molecule has 0 radical (unpaired) electrons. The first-order valence-electron chi connectivity index (χ1n) is 25.3. The predicted octanol–water partition coefficient (Wildman–Crippen LogP) is 1.69. The van der Waals surface area contributed by atoms with Gasteiger partial charge in [-0.15, -0.1) is 0 Å². The van der Waals surface area contributed by atoms with Crippen molar-refractivity contribution >= 4 is 5.91 Å². The van der Waals surface area contributed by atoms with Crippen LogP contribution in [0.1, 0.15) is 104 Å². The lowest BCUT2D eigenvalue weighted by atomic mass is 9.96. The summed E-state index contributed by atoms with van der Waals surface area (Å²) in [5.74, 6) is -0.319. The van der Waals surface area contributed by atoms with Crippen LogP contribution in [0.5, 0.6) is 0 Å². The van der Waals surface area contributed by atoms with E-state index in [0.29, 0.717) is 25.7 Å². The van der Waals surface area contributed by atoms with Crippen LogP contribution in [-0.2, 0) is 33.2 Å². The highest BCUT2D eigenvalue weighted by molar-refractivity contribution is 5.76. The Kier molecular flexibility index (Phi) is 31.6. The minimum Gasteiger partial charge on any atom is -0.394 e. The minimum atomic E-state index is -1.98. The summed E-state index contributed by atoms with van der Waals surface area (Å²) < 4.78 is 33.9. The van der Waals surface area contributed by atoms with Crippen molar-refractivity contribution < 1.29 is 89.4 Å². The lowest BCUT2D eigenvalue weighted by Crippen LogP contribution is -2.66. The van der Waals surface area contributed by atoms with E-state index < -0.39 is 124 Å². The third-order valence-electron chi connectivity index (χ3n) is 12.2. The molecule has 19 nitrogen and oxygen atoms in total. The van der Waals surface area contributed by atoms with E-state index in [1.54, 1.807) is 0 Å². The largest absolute Gasteiger partial charge is 0.394 e. The summed E-state index contributed by atoms with van der Waals surface area (Å²) in [5, 5.41) is 119. The SMILES string of the molecule is CC/C=C\C/C=C\C/C=C\C/C=C\C/C=C\C/C=C\C/C=C\CCCC(=O)NC(COC1OC(CO)C(OC2OC(CO)C(OC3OC(CO)C(O)C(O)C3O)C(O)C2O)C(O)C1O)C(O)CCCCC. The first kappa shape index (κ1) is 62.3. The molecule has 17 atom stereocenters. The Morgan fingerprint density at radius 3 is 1.41 bits per heavy atom. The third-order valence-corrected chi connectivity index (χ3v) is 12.2. The van der Waals surface area contributed by atoms with E-state index in [1.165, 1.54) is 0 Å². The number of nitrogens with one attached hydrogen (secondary N) is 1. The van der Waals surface area contributed by atoms with Gasteiger partial charge in [-0.05, 0) is 64.2 Å². The Morgan fingerprint density at radius 2 is 0.944 bits per heavy atom. The van der Waals surface area contributed by atoms with Crippen LogP contribution >= 0.6 is 0 Å². The quantitative estimate of drug-likeness (QED) is 0.0329. The van der Waals surface area contributed by atoms with Crippen molar-refractivity contribution in [1.29, 1.82) is 0 Å². The summed E-state index contributed by atoms with van der Waals surface area (Å²) in [5.41, 5.74) is 0. The maximum absolute atomic E-state index is 13.1. The van der Waals surface area contributed by atoms with E-state index >= 15 is 0 Å². The van der Waals surface area contributed by atoms with Gasteiger partial charge < -0.3 is 89.9 Å². The molecular formula is C52H85NO18. The molecular weight excluding hydrogens is 927 g/mol. The molecule has 0 saturated carbocycles. The molecule has 71 heavy (non-hydrogen) atoms. The number of carbonyl (C=O) groups is 1. The number of carbonyl (C=O) groups excluding carboxylic acids is 1. The lowest BCUT2D eigenvalue weighted by Gasteiger charge is -2.48. The van der Waals surface area contributed by atoms with Crippen LogP contribution in [0.15, 0.2) is 85.1 Å². The number of aliphatic hydroxyl groups excluding tert-OH is 11. The number of amides is 1. The van der Waals surface area contributed by atoms with Gasteiger partial charge in [0.05, 0.1) is 38.6 Å². The van der Waals surface area contributed by atoms with Gasteiger partial charge in [-0.25, -0.2) is 0 Å². The average Bonchev–Trinajstić information content (AvgIpc) is 3.36. The molecule has 0 bridgehead atoms. The van der Waals surface area contributed by atoms with Gasteiger partial charge in [-0.2, -0.15) is 0 Å². The Hall–Kier alpha value is -3.03. The normalized spacial score (nSPS) is 33.0. The molecule has 0 spiro atoms. The average molecular weight is 1010 g/mol. The number of aliphatic hydroxyl groups is 11. The van der Waals surface area contributed by atoms with Gasteiger partial charge in [0.25, 0.3) is 0 Å². The fourth-order valence-corrected chi connectivity index (χ4v) is 8.00. The van der Waals surface area contributed by atoms with Crippen molar-refractivity contribution in [2.75, 3.05) is 26.4 Å². The van der Waals surface area contributed by atoms with E-state index in [4.69, 9.17) is 28.4 Å². The molecule has 19 heteroatoms. The van der Waals surface area contributed by atoms with E-state index in [0.717, 1.165) is 57.8 Å². The molecule has 3 heterocycles. The molecule has 3 aliphatic heterocycles. The van der Waals surface area contributed by atoms with E-state index in [2.05, 4.69) is 85.2 Å². The van der Waals surface area contributed by atoms with Crippen LogP contribution in [0.25, 0.3) is 0 Å². The number of allylic oxidation sites excluding steroid dienone is 14. The Morgan fingerprint density at radius 1 is 0.521 bits per heavy atom. The van der Waals surface area contributed by atoms with Crippen LogP contribution in [0.4, 0.5) is 0 Å². The predicted molar refractivity (Wildman–Crippen MR) is 263 cm³/mol. The summed E-state index contributed by atoms with van der Waals surface area (Å²) in [6.07, 6.45) is 13.9. The Balaban J connectivity index is 1.44. The van der Waals surface area contributed by atoms with E-state index in [9.17, 15) is 61.0 Å². The molecule has 1 amide bonds. The first-order chi connectivity index (χ1) is 34.3. The van der Waals surface area contributed by atoms with Gasteiger partial charge in [-0.1, -0.05) is 118 Å². The molecule has 3 saturated heterocycles. The molecule has 0 aliphatic carbocycles. The molecule has 17 unspecified atom stereocenters.